The zero-order valence-corrected chi connectivity index (χ0v) is 13.5. The third-order valence-electron chi connectivity index (χ3n) is 3.28. The van der Waals surface area contributed by atoms with Crippen LogP contribution in [-0.2, 0) is 9.53 Å². The number of para-hydroxylation sites is 1. The number of hydrogen-bond donors (Lipinski definition) is 1. The summed E-state index contributed by atoms with van der Waals surface area (Å²) >= 11 is 1.70. The Bertz CT molecular complexity index is 601. The lowest BCUT2D eigenvalue weighted by Crippen LogP contribution is -2.06. The van der Waals surface area contributed by atoms with Gasteiger partial charge in [0.2, 0.25) is 0 Å². The van der Waals surface area contributed by atoms with E-state index in [1.54, 1.807) is 11.8 Å². The van der Waals surface area contributed by atoms with E-state index < -0.39 is 0 Å². The van der Waals surface area contributed by atoms with Crippen molar-refractivity contribution in [3.8, 4) is 0 Å². The van der Waals surface area contributed by atoms with Crippen LogP contribution in [0, 0.1) is 0 Å². The molecular formula is C18H21NO2S. The number of nitrogens with two attached hydrogens (primary N) is 1. The number of nitrogen functional groups attached to an aromatic ring is 1. The quantitative estimate of drug-likeness (QED) is 0.466. The fourth-order valence-electron chi connectivity index (χ4n) is 2.18. The molecule has 2 aromatic rings. The van der Waals surface area contributed by atoms with Gasteiger partial charge >= 0.3 is 5.97 Å². The third kappa shape index (κ3) is 4.81. The Balaban J connectivity index is 2.12. The molecule has 116 valence electrons. The van der Waals surface area contributed by atoms with Gasteiger partial charge in [0.1, 0.15) is 0 Å². The molecule has 0 heterocycles. The summed E-state index contributed by atoms with van der Waals surface area (Å²) in [7, 11) is 0. The van der Waals surface area contributed by atoms with Gasteiger partial charge in [-0.15, -0.1) is 11.8 Å². The van der Waals surface area contributed by atoms with Crippen LogP contribution in [0.2, 0.25) is 0 Å². The van der Waals surface area contributed by atoms with Gasteiger partial charge in [0.15, 0.2) is 0 Å². The fraction of sp³-hybridized carbons (Fsp3) is 0.278. The Hall–Kier alpha value is -1.94. The second-order valence-electron chi connectivity index (χ2n) is 4.90. The molecule has 0 aromatic heterocycles. The SMILES string of the molecule is CCOC(=O)CC[C@H](Sc1ccccc1N)c1ccccc1. The Morgan fingerprint density at radius 2 is 1.82 bits per heavy atom. The monoisotopic (exact) mass is 315 g/mol. The van der Waals surface area contributed by atoms with Crippen LogP contribution in [-0.4, -0.2) is 12.6 Å². The first-order valence-corrected chi connectivity index (χ1v) is 8.30. The average molecular weight is 315 g/mol. The maximum atomic E-state index is 11.6. The van der Waals surface area contributed by atoms with E-state index in [-0.39, 0.29) is 11.2 Å². The number of thioether (sulfide) groups is 1. The minimum Gasteiger partial charge on any atom is -0.466 e. The predicted molar refractivity (Wildman–Crippen MR) is 91.8 cm³/mol. The van der Waals surface area contributed by atoms with Crippen molar-refractivity contribution in [2.45, 2.75) is 29.9 Å². The molecule has 0 radical (unpaired) electrons. The van der Waals surface area contributed by atoms with Crippen LogP contribution in [0.5, 0.6) is 0 Å². The summed E-state index contributed by atoms with van der Waals surface area (Å²) in [5.41, 5.74) is 8.00. The summed E-state index contributed by atoms with van der Waals surface area (Å²) in [6.07, 6.45) is 1.13. The maximum Gasteiger partial charge on any atom is 0.305 e. The third-order valence-corrected chi connectivity index (χ3v) is 4.69. The second-order valence-corrected chi connectivity index (χ2v) is 6.14. The zero-order valence-electron chi connectivity index (χ0n) is 12.7. The number of rotatable bonds is 7. The van der Waals surface area contributed by atoms with Crippen LogP contribution in [0.15, 0.2) is 59.5 Å². The van der Waals surface area contributed by atoms with E-state index in [0.717, 1.165) is 17.0 Å². The second kappa shape index (κ2) is 8.49. The van der Waals surface area contributed by atoms with Crippen LogP contribution in [0.1, 0.15) is 30.6 Å². The lowest BCUT2D eigenvalue weighted by Gasteiger charge is -2.17. The molecule has 0 aliphatic carbocycles. The lowest BCUT2D eigenvalue weighted by molar-refractivity contribution is -0.143. The number of carbonyl (C=O) groups is 1. The summed E-state index contributed by atoms with van der Waals surface area (Å²) in [5.74, 6) is -0.148. The van der Waals surface area contributed by atoms with E-state index in [4.69, 9.17) is 10.5 Å². The Morgan fingerprint density at radius 1 is 1.14 bits per heavy atom. The highest BCUT2D eigenvalue weighted by Gasteiger charge is 2.16. The van der Waals surface area contributed by atoms with Gasteiger partial charge in [0.25, 0.3) is 0 Å². The minimum atomic E-state index is -0.148. The number of hydrogen-bond acceptors (Lipinski definition) is 4. The molecule has 0 aliphatic rings. The van der Waals surface area contributed by atoms with E-state index in [9.17, 15) is 4.79 Å². The van der Waals surface area contributed by atoms with Crippen molar-refractivity contribution in [2.24, 2.45) is 0 Å². The summed E-state index contributed by atoms with van der Waals surface area (Å²) in [4.78, 5) is 12.7. The smallest absolute Gasteiger partial charge is 0.305 e. The first-order chi connectivity index (χ1) is 10.7. The number of esters is 1. The first kappa shape index (κ1) is 16.4. The van der Waals surface area contributed by atoms with E-state index in [2.05, 4.69) is 12.1 Å². The van der Waals surface area contributed by atoms with E-state index >= 15 is 0 Å². The van der Waals surface area contributed by atoms with Crippen molar-refractivity contribution in [3.05, 3.63) is 60.2 Å². The molecule has 0 bridgehead atoms. The molecule has 0 saturated heterocycles. The van der Waals surface area contributed by atoms with Gasteiger partial charge in [0, 0.05) is 22.3 Å². The van der Waals surface area contributed by atoms with Gasteiger partial charge in [-0.1, -0.05) is 42.5 Å². The topological polar surface area (TPSA) is 52.3 Å². The van der Waals surface area contributed by atoms with Crippen molar-refractivity contribution in [1.82, 2.24) is 0 Å². The molecule has 4 heteroatoms. The van der Waals surface area contributed by atoms with E-state index in [0.29, 0.717) is 13.0 Å². The molecule has 22 heavy (non-hydrogen) atoms. The van der Waals surface area contributed by atoms with Gasteiger partial charge < -0.3 is 10.5 Å². The van der Waals surface area contributed by atoms with Gasteiger partial charge in [-0.3, -0.25) is 4.79 Å². The molecule has 0 fully saturated rings. The average Bonchev–Trinajstić information content (AvgIpc) is 2.54. The van der Waals surface area contributed by atoms with Gasteiger partial charge in [0.05, 0.1) is 6.61 Å². The van der Waals surface area contributed by atoms with Gasteiger partial charge in [-0.05, 0) is 31.0 Å². The molecule has 2 N–H and O–H groups in total. The summed E-state index contributed by atoms with van der Waals surface area (Å²) in [5, 5.41) is 0.176. The number of anilines is 1. The largest absolute Gasteiger partial charge is 0.466 e. The first-order valence-electron chi connectivity index (χ1n) is 7.42. The van der Waals surface area contributed by atoms with Crippen molar-refractivity contribution in [3.63, 3.8) is 0 Å². The Kier molecular flexibility index (Phi) is 6.34. The van der Waals surface area contributed by atoms with Crippen molar-refractivity contribution in [2.75, 3.05) is 12.3 Å². The highest BCUT2D eigenvalue weighted by molar-refractivity contribution is 7.99. The molecule has 0 amide bonds. The van der Waals surface area contributed by atoms with E-state index in [1.165, 1.54) is 5.56 Å². The molecule has 0 saturated carbocycles. The summed E-state index contributed by atoms with van der Waals surface area (Å²) in [6.45, 7) is 2.25. The minimum absolute atomic E-state index is 0.148. The lowest BCUT2D eigenvalue weighted by atomic mass is 10.1. The maximum absolute atomic E-state index is 11.6. The van der Waals surface area contributed by atoms with Crippen molar-refractivity contribution >= 4 is 23.4 Å². The highest BCUT2D eigenvalue weighted by Crippen LogP contribution is 2.40. The Morgan fingerprint density at radius 3 is 2.50 bits per heavy atom. The van der Waals surface area contributed by atoms with Crippen LogP contribution in [0.3, 0.4) is 0 Å². The van der Waals surface area contributed by atoms with Gasteiger partial charge in [-0.25, -0.2) is 0 Å². The molecule has 3 nitrogen and oxygen atoms in total. The van der Waals surface area contributed by atoms with Crippen LogP contribution < -0.4 is 5.73 Å². The normalized spacial score (nSPS) is 11.9. The number of benzene rings is 2. The molecule has 2 rings (SSSR count). The van der Waals surface area contributed by atoms with Crippen molar-refractivity contribution < 1.29 is 9.53 Å². The van der Waals surface area contributed by atoms with Crippen molar-refractivity contribution in [1.29, 1.82) is 0 Å². The summed E-state index contributed by atoms with van der Waals surface area (Å²) < 4.78 is 5.03. The molecule has 1 atom stereocenters. The molecule has 2 aromatic carbocycles. The van der Waals surface area contributed by atoms with Crippen LogP contribution in [0.25, 0.3) is 0 Å². The molecule has 0 aliphatic heterocycles. The molecule has 0 unspecified atom stereocenters. The zero-order chi connectivity index (χ0) is 15.8. The van der Waals surface area contributed by atoms with E-state index in [1.807, 2.05) is 49.4 Å². The fourth-order valence-corrected chi connectivity index (χ4v) is 3.38. The van der Waals surface area contributed by atoms with Crippen LogP contribution in [0.4, 0.5) is 5.69 Å². The molecular weight excluding hydrogens is 294 g/mol. The number of carbonyl (C=O) groups excluding carboxylic acids is 1. The molecule has 0 spiro atoms. The van der Waals surface area contributed by atoms with Crippen LogP contribution >= 0.6 is 11.8 Å². The highest BCUT2D eigenvalue weighted by atomic mass is 32.2. The summed E-state index contributed by atoms with van der Waals surface area (Å²) in [6, 6.07) is 18.0. The Labute approximate surface area is 135 Å². The predicted octanol–water partition coefficient (Wildman–Crippen LogP) is 4.45. The number of ether oxygens (including phenoxy) is 1. The standard InChI is InChI=1S/C18H21NO2S/c1-2-21-18(20)13-12-16(14-8-4-3-5-9-14)22-17-11-7-6-10-15(17)19/h3-11,16H,2,12-13,19H2,1H3/t16-/m0/s1. The van der Waals surface area contributed by atoms with Gasteiger partial charge in [-0.2, -0.15) is 0 Å².